The largest absolute Gasteiger partial charge is 0.488 e. The second-order valence-electron chi connectivity index (χ2n) is 4.74. The van der Waals surface area contributed by atoms with Gasteiger partial charge in [-0.3, -0.25) is 0 Å². The highest BCUT2D eigenvalue weighted by atomic mass is 16.6. The van der Waals surface area contributed by atoms with E-state index in [9.17, 15) is 0 Å². The third kappa shape index (κ3) is 2.31. The first-order valence-electron chi connectivity index (χ1n) is 6.23. The van der Waals surface area contributed by atoms with Gasteiger partial charge in [-0.05, 0) is 37.5 Å². The first-order chi connectivity index (χ1) is 8.17. The van der Waals surface area contributed by atoms with Crippen molar-refractivity contribution in [3.63, 3.8) is 0 Å². The molecule has 0 fully saturated rings. The molecule has 0 saturated carbocycles. The van der Waals surface area contributed by atoms with Crippen molar-refractivity contribution in [1.82, 2.24) is 5.48 Å². The van der Waals surface area contributed by atoms with Gasteiger partial charge in [0.15, 0.2) is 0 Å². The number of fused-ring (bicyclic) bond motifs is 1. The Kier molecular flexibility index (Phi) is 3.69. The Labute approximate surface area is 103 Å². The highest BCUT2D eigenvalue weighted by molar-refractivity contribution is 5.48. The summed E-state index contributed by atoms with van der Waals surface area (Å²) >= 11 is 0. The van der Waals surface area contributed by atoms with E-state index in [1.807, 2.05) is 0 Å². The van der Waals surface area contributed by atoms with Crippen molar-refractivity contribution < 1.29 is 9.57 Å². The average Bonchev–Trinajstić information content (AvgIpc) is 2.58. The van der Waals surface area contributed by atoms with E-state index in [0.717, 1.165) is 18.6 Å². The van der Waals surface area contributed by atoms with Gasteiger partial charge in [0.1, 0.15) is 11.9 Å². The van der Waals surface area contributed by atoms with Crippen LogP contribution in [0.25, 0.3) is 0 Å². The van der Waals surface area contributed by atoms with Gasteiger partial charge in [-0.1, -0.05) is 19.4 Å². The zero-order valence-corrected chi connectivity index (χ0v) is 11.0. The van der Waals surface area contributed by atoms with Crippen LogP contribution in [-0.2, 0) is 4.84 Å². The summed E-state index contributed by atoms with van der Waals surface area (Å²) in [6.45, 7) is 6.41. The summed E-state index contributed by atoms with van der Waals surface area (Å²) in [5.74, 6) is 1.01. The molecular weight excluding hydrogens is 214 g/mol. The molecule has 1 N–H and O–H groups in total. The third-order valence-corrected chi connectivity index (χ3v) is 3.27. The van der Waals surface area contributed by atoms with E-state index in [2.05, 4.69) is 38.4 Å². The molecule has 0 amide bonds. The van der Waals surface area contributed by atoms with Gasteiger partial charge in [0.05, 0.1) is 13.2 Å². The Balaban J connectivity index is 2.36. The molecule has 3 heteroatoms. The lowest BCUT2D eigenvalue weighted by Crippen LogP contribution is -2.30. The lowest BCUT2D eigenvalue weighted by molar-refractivity contribution is 0.0268. The van der Waals surface area contributed by atoms with E-state index in [4.69, 9.17) is 9.57 Å². The molecule has 1 aliphatic rings. The molecule has 1 aromatic carbocycles. The van der Waals surface area contributed by atoms with E-state index in [1.54, 1.807) is 7.11 Å². The maximum absolute atomic E-state index is 6.03. The summed E-state index contributed by atoms with van der Waals surface area (Å²) in [5, 5.41) is 0. The van der Waals surface area contributed by atoms with Gasteiger partial charge in [0.2, 0.25) is 0 Å². The van der Waals surface area contributed by atoms with E-state index < -0.39 is 0 Å². The molecule has 1 heterocycles. The zero-order valence-electron chi connectivity index (χ0n) is 11.0. The predicted octanol–water partition coefficient (Wildman–Crippen LogP) is 3.06. The molecule has 0 spiro atoms. The lowest BCUT2D eigenvalue weighted by Gasteiger charge is -2.19. The molecule has 0 aromatic heterocycles. The van der Waals surface area contributed by atoms with E-state index in [-0.39, 0.29) is 12.1 Å². The number of ether oxygens (including phenoxy) is 1. The molecule has 0 bridgehead atoms. The van der Waals surface area contributed by atoms with Crippen LogP contribution in [0.2, 0.25) is 0 Å². The molecule has 2 atom stereocenters. The number of hydrogen-bond acceptors (Lipinski definition) is 3. The molecule has 0 saturated heterocycles. The summed E-state index contributed by atoms with van der Waals surface area (Å²) in [6, 6.07) is 4.46. The van der Waals surface area contributed by atoms with Crippen LogP contribution < -0.4 is 10.2 Å². The molecule has 0 aliphatic carbocycles. The second kappa shape index (κ2) is 5.07. The highest BCUT2D eigenvalue weighted by Crippen LogP contribution is 2.41. The fourth-order valence-electron chi connectivity index (χ4n) is 2.62. The standard InChI is InChI=1S/C14H21NO2/c1-5-6-11-14(15-16-4)13-10(3)7-9(2)8-12(13)17-11/h7-8,11,14-15H,5-6H2,1-4H3. The highest BCUT2D eigenvalue weighted by Gasteiger charge is 2.35. The van der Waals surface area contributed by atoms with Gasteiger partial charge in [-0.15, -0.1) is 0 Å². The third-order valence-electron chi connectivity index (χ3n) is 3.27. The molecule has 2 unspecified atom stereocenters. The molecule has 1 aromatic rings. The fraction of sp³-hybridized carbons (Fsp3) is 0.571. The molecule has 2 rings (SSSR count). The van der Waals surface area contributed by atoms with Gasteiger partial charge in [0.25, 0.3) is 0 Å². The summed E-state index contributed by atoms with van der Waals surface area (Å²) in [4.78, 5) is 5.11. The Hall–Kier alpha value is -1.06. The minimum absolute atomic E-state index is 0.149. The summed E-state index contributed by atoms with van der Waals surface area (Å²) in [6.07, 6.45) is 2.32. The number of benzene rings is 1. The quantitative estimate of drug-likeness (QED) is 0.814. The average molecular weight is 235 g/mol. The van der Waals surface area contributed by atoms with Crippen molar-refractivity contribution in [3.8, 4) is 5.75 Å². The maximum atomic E-state index is 6.03. The van der Waals surface area contributed by atoms with Crippen LogP contribution in [0, 0.1) is 13.8 Å². The Morgan fingerprint density at radius 2 is 2.12 bits per heavy atom. The van der Waals surface area contributed by atoms with Crippen LogP contribution in [0.4, 0.5) is 0 Å². The molecule has 3 nitrogen and oxygen atoms in total. The van der Waals surface area contributed by atoms with Crippen LogP contribution in [-0.4, -0.2) is 13.2 Å². The van der Waals surface area contributed by atoms with Crippen LogP contribution >= 0.6 is 0 Å². The maximum Gasteiger partial charge on any atom is 0.125 e. The van der Waals surface area contributed by atoms with Crippen molar-refractivity contribution in [2.75, 3.05) is 7.11 Å². The van der Waals surface area contributed by atoms with Crippen molar-refractivity contribution in [2.24, 2.45) is 0 Å². The lowest BCUT2D eigenvalue weighted by atomic mass is 9.96. The monoisotopic (exact) mass is 235 g/mol. The number of hydroxylamine groups is 1. The van der Waals surface area contributed by atoms with Crippen molar-refractivity contribution in [1.29, 1.82) is 0 Å². The Morgan fingerprint density at radius 1 is 1.35 bits per heavy atom. The van der Waals surface area contributed by atoms with Crippen LogP contribution in [0.15, 0.2) is 12.1 Å². The normalized spacial score (nSPS) is 22.4. The van der Waals surface area contributed by atoms with Gasteiger partial charge in [-0.2, -0.15) is 5.48 Å². The van der Waals surface area contributed by atoms with E-state index in [0.29, 0.717) is 0 Å². The van der Waals surface area contributed by atoms with Gasteiger partial charge < -0.3 is 9.57 Å². The van der Waals surface area contributed by atoms with E-state index >= 15 is 0 Å². The number of nitrogens with one attached hydrogen (secondary N) is 1. The molecular formula is C14H21NO2. The van der Waals surface area contributed by atoms with Crippen LogP contribution in [0.5, 0.6) is 5.75 Å². The number of aryl methyl sites for hydroxylation is 2. The van der Waals surface area contributed by atoms with Crippen LogP contribution in [0.3, 0.4) is 0 Å². The molecule has 94 valence electrons. The fourth-order valence-corrected chi connectivity index (χ4v) is 2.62. The van der Waals surface area contributed by atoms with Crippen LogP contribution in [0.1, 0.15) is 42.5 Å². The van der Waals surface area contributed by atoms with Gasteiger partial charge >= 0.3 is 0 Å². The Bertz CT molecular complexity index is 403. The first kappa shape index (κ1) is 12.4. The number of hydrogen-bond donors (Lipinski definition) is 1. The topological polar surface area (TPSA) is 30.5 Å². The predicted molar refractivity (Wildman–Crippen MR) is 68.1 cm³/mol. The van der Waals surface area contributed by atoms with Gasteiger partial charge in [-0.25, -0.2) is 0 Å². The van der Waals surface area contributed by atoms with Crippen molar-refractivity contribution in [2.45, 2.75) is 45.8 Å². The van der Waals surface area contributed by atoms with E-state index in [1.165, 1.54) is 16.7 Å². The SMILES string of the molecule is CCCC1Oc2cc(C)cc(C)c2C1NOC. The zero-order chi connectivity index (χ0) is 12.4. The molecule has 1 aliphatic heterocycles. The summed E-state index contributed by atoms with van der Waals surface area (Å²) in [7, 11) is 1.66. The van der Waals surface area contributed by atoms with Gasteiger partial charge in [0, 0.05) is 5.56 Å². The summed E-state index contributed by atoms with van der Waals surface area (Å²) in [5.41, 5.74) is 6.83. The number of rotatable bonds is 4. The minimum atomic E-state index is 0.149. The second-order valence-corrected chi connectivity index (χ2v) is 4.74. The minimum Gasteiger partial charge on any atom is -0.488 e. The van der Waals surface area contributed by atoms with Crippen molar-refractivity contribution in [3.05, 3.63) is 28.8 Å². The summed E-state index contributed by atoms with van der Waals surface area (Å²) < 4.78 is 6.03. The molecule has 0 radical (unpaired) electrons. The smallest absolute Gasteiger partial charge is 0.125 e. The Morgan fingerprint density at radius 3 is 2.76 bits per heavy atom. The van der Waals surface area contributed by atoms with Crippen molar-refractivity contribution >= 4 is 0 Å². The first-order valence-corrected chi connectivity index (χ1v) is 6.23. The molecule has 17 heavy (non-hydrogen) atoms.